The van der Waals surface area contributed by atoms with Crippen LogP contribution in [-0.2, 0) is 4.79 Å². The van der Waals surface area contributed by atoms with Gasteiger partial charge in [-0.05, 0) is 31.5 Å². The molecular weight excluding hydrogens is 282 g/mol. The lowest BCUT2D eigenvalue weighted by molar-refractivity contribution is -0.130. The Labute approximate surface area is 123 Å². The second-order valence-electron chi connectivity index (χ2n) is 4.66. The largest absolute Gasteiger partial charge is 0.481 e. The van der Waals surface area contributed by atoms with Crippen LogP contribution in [0, 0.1) is 0 Å². The maximum atomic E-state index is 12.0. The monoisotopic (exact) mass is 301 g/mol. The summed E-state index contributed by atoms with van der Waals surface area (Å²) in [6.45, 7) is 2.69. The average molecular weight is 302 g/mol. The molecule has 0 aliphatic heterocycles. The Kier molecular flexibility index (Phi) is 6.26. The molecule has 0 spiro atoms. The lowest BCUT2D eigenvalue weighted by Gasteiger charge is -2.31. The molecule has 20 heavy (non-hydrogen) atoms. The quantitative estimate of drug-likeness (QED) is 0.710. The predicted molar refractivity (Wildman–Crippen MR) is 76.9 cm³/mol. The van der Waals surface area contributed by atoms with Gasteiger partial charge in [-0.3, -0.25) is 4.79 Å². The molecule has 1 rings (SSSR count). The third kappa shape index (κ3) is 4.37. The molecule has 0 aliphatic rings. The van der Waals surface area contributed by atoms with Gasteiger partial charge >= 0.3 is 0 Å². The number of hydrogen-bond donors (Lipinski definition) is 3. The Morgan fingerprint density at radius 1 is 1.45 bits per heavy atom. The van der Waals surface area contributed by atoms with Crippen LogP contribution in [0.25, 0.3) is 0 Å². The highest BCUT2D eigenvalue weighted by Gasteiger charge is 2.30. The minimum Gasteiger partial charge on any atom is -0.481 e. The molecule has 112 valence electrons. The van der Waals surface area contributed by atoms with Gasteiger partial charge in [-0.1, -0.05) is 24.6 Å². The lowest BCUT2D eigenvalue weighted by atomic mass is 9.98. The molecule has 6 heteroatoms. The lowest BCUT2D eigenvalue weighted by Crippen LogP contribution is -2.56. The van der Waals surface area contributed by atoms with Gasteiger partial charge < -0.3 is 20.3 Å². The van der Waals surface area contributed by atoms with Gasteiger partial charge in [0, 0.05) is 5.02 Å². The van der Waals surface area contributed by atoms with Crippen molar-refractivity contribution in [2.75, 3.05) is 13.2 Å². The molecule has 0 fully saturated rings. The van der Waals surface area contributed by atoms with E-state index in [-0.39, 0.29) is 13.2 Å². The number of benzene rings is 1. The van der Waals surface area contributed by atoms with E-state index in [9.17, 15) is 15.0 Å². The highest BCUT2D eigenvalue weighted by Crippen LogP contribution is 2.18. The van der Waals surface area contributed by atoms with Gasteiger partial charge in [0.05, 0.1) is 18.8 Å². The zero-order valence-corrected chi connectivity index (χ0v) is 12.4. The molecule has 1 atom stereocenters. The molecule has 0 saturated carbocycles. The van der Waals surface area contributed by atoms with E-state index in [1.807, 2.05) is 0 Å². The van der Waals surface area contributed by atoms with Crippen LogP contribution >= 0.6 is 11.6 Å². The molecule has 0 saturated heterocycles. The summed E-state index contributed by atoms with van der Waals surface area (Å²) in [6.07, 6.45) is -0.354. The molecule has 1 unspecified atom stereocenters. The fourth-order valence-corrected chi connectivity index (χ4v) is 1.78. The number of nitrogens with one attached hydrogen (secondary N) is 1. The number of aliphatic hydroxyl groups excluding tert-OH is 2. The molecule has 5 nitrogen and oxygen atoms in total. The van der Waals surface area contributed by atoms with Crippen LogP contribution in [0.1, 0.15) is 20.3 Å². The molecule has 0 aromatic heterocycles. The number of amides is 1. The first-order valence-corrected chi connectivity index (χ1v) is 6.80. The van der Waals surface area contributed by atoms with Crippen molar-refractivity contribution in [2.24, 2.45) is 0 Å². The maximum Gasteiger partial charge on any atom is 0.261 e. The van der Waals surface area contributed by atoms with Crippen LogP contribution in [0.15, 0.2) is 24.3 Å². The highest BCUT2D eigenvalue weighted by molar-refractivity contribution is 6.30. The summed E-state index contributed by atoms with van der Waals surface area (Å²) in [5.74, 6) is 0.0742. The third-order valence-corrected chi connectivity index (χ3v) is 3.38. The number of halogens is 1. The van der Waals surface area contributed by atoms with Crippen molar-refractivity contribution in [3.63, 3.8) is 0 Å². The highest BCUT2D eigenvalue weighted by atomic mass is 35.5. The summed E-state index contributed by atoms with van der Waals surface area (Å²) in [6, 6.07) is 6.73. The zero-order valence-electron chi connectivity index (χ0n) is 11.6. The summed E-state index contributed by atoms with van der Waals surface area (Å²) >= 11 is 5.84. The van der Waals surface area contributed by atoms with Crippen molar-refractivity contribution in [3.05, 3.63) is 29.3 Å². The minimum absolute atomic E-state index is 0.338. The Hall–Kier alpha value is -1.30. The summed E-state index contributed by atoms with van der Waals surface area (Å²) in [4.78, 5) is 12.0. The van der Waals surface area contributed by atoms with Gasteiger partial charge in [-0.25, -0.2) is 0 Å². The fourth-order valence-electron chi connectivity index (χ4n) is 1.60. The SMILES string of the molecule is CCC(CO)(CO)NC(=O)C(C)Oc1cccc(Cl)c1. The molecule has 1 amide bonds. The van der Waals surface area contributed by atoms with Crippen molar-refractivity contribution in [1.82, 2.24) is 5.32 Å². The first kappa shape index (κ1) is 16.8. The molecule has 0 heterocycles. The second-order valence-corrected chi connectivity index (χ2v) is 5.09. The standard InChI is InChI=1S/C14H20ClNO4/c1-3-14(8-17,9-18)16-13(19)10(2)20-12-6-4-5-11(15)7-12/h4-7,10,17-18H,3,8-9H2,1-2H3,(H,16,19). The Bertz CT molecular complexity index is 440. The van der Waals surface area contributed by atoms with Crippen LogP contribution in [0.3, 0.4) is 0 Å². The van der Waals surface area contributed by atoms with Gasteiger partial charge in [-0.15, -0.1) is 0 Å². The van der Waals surface area contributed by atoms with E-state index < -0.39 is 17.6 Å². The van der Waals surface area contributed by atoms with Gasteiger partial charge in [0.2, 0.25) is 0 Å². The van der Waals surface area contributed by atoms with E-state index in [0.717, 1.165) is 0 Å². The van der Waals surface area contributed by atoms with E-state index >= 15 is 0 Å². The first-order chi connectivity index (χ1) is 9.46. The number of carbonyl (C=O) groups excluding carboxylic acids is 1. The molecule has 1 aromatic carbocycles. The Morgan fingerprint density at radius 2 is 2.10 bits per heavy atom. The molecule has 3 N–H and O–H groups in total. The van der Waals surface area contributed by atoms with Crippen molar-refractivity contribution >= 4 is 17.5 Å². The number of hydrogen-bond acceptors (Lipinski definition) is 4. The summed E-state index contributed by atoms with van der Waals surface area (Å²) in [5, 5.41) is 21.7. The predicted octanol–water partition coefficient (Wildman–Crippen LogP) is 1.36. The van der Waals surface area contributed by atoms with Crippen LogP contribution in [0.4, 0.5) is 0 Å². The Balaban J connectivity index is 2.67. The first-order valence-electron chi connectivity index (χ1n) is 6.42. The van der Waals surface area contributed by atoms with Gasteiger partial charge in [-0.2, -0.15) is 0 Å². The van der Waals surface area contributed by atoms with Gasteiger partial charge in [0.1, 0.15) is 5.75 Å². The van der Waals surface area contributed by atoms with Crippen LogP contribution in [-0.4, -0.2) is 41.0 Å². The number of carbonyl (C=O) groups is 1. The van der Waals surface area contributed by atoms with Crippen LogP contribution in [0.5, 0.6) is 5.75 Å². The minimum atomic E-state index is -1.02. The number of ether oxygens (including phenoxy) is 1. The molecule has 1 aromatic rings. The zero-order chi connectivity index (χ0) is 15.2. The van der Waals surface area contributed by atoms with Crippen molar-refractivity contribution in [1.29, 1.82) is 0 Å². The number of rotatable bonds is 7. The number of aliphatic hydroxyl groups is 2. The second kappa shape index (κ2) is 7.47. The van der Waals surface area contributed by atoms with Crippen LogP contribution in [0.2, 0.25) is 5.02 Å². The van der Waals surface area contributed by atoms with Crippen molar-refractivity contribution in [2.45, 2.75) is 31.9 Å². The molecule has 0 radical (unpaired) electrons. The van der Waals surface area contributed by atoms with E-state index in [1.54, 1.807) is 38.1 Å². The molecule has 0 bridgehead atoms. The molecule has 0 aliphatic carbocycles. The normalized spacial score (nSPS) is 12.8. The summed E-state index contributed by atoms with van der Waals surface area (Å²) in [7, 11) is 0. The smallest absolute Gasteiger partial charge is 0.261 e. The van der Waals surface area contributed by atoms with Gasteiger partial charge in [0.25, 0.3) is 5.91 Å². The van der Waals surface area contributed by atoms with E-state index in [1.165, 1.54) is 0 Å². The third-order valence-electron chi connectivity index (χ3n) is 3.15. The van der Waals surface area contributed by atoms with E-state index in [2.05, 4.69) is 5.32 Å². The maximum absolute atomic E-state index is 12.0. The average Bonchev–Trinajstić information content (AvgIpc) is 2.44. The topological polar surface area (TPSA) is 78.8 Å². The van der Waals surface area contributed by atoms with Crippen LogP contribution < -0.4 is 10.1 Å². The summed E-state index contributed by atoms with van der Waals surface area (Å²) < 4.78 is 5.48. The van der Waals surface area contributed by atoms with E-state index in [0.29, 0.717) is 17.2 Å². The summed E-state index contributed by atoms with van der Waals surface area (Å²) in [5.41, 5.74) is -1.02. The fraction of sp³-hybridized carbons (Fsp3) is 0.500. The van der Waals surface area contributed by atoms with Crippen molar-refractivity contribution in [3.8, 4) is 5.75 Å². The van der Waals surface area contributed by atoms with Crippen molar-refractivity contribution < 1.29 is 19.7 Å². The molecular formula is C14H20ClNO4. The van der Waals surface area contributed by atoms with E-state index in [4.69, 9.17) is 16.3 Å². The Morgan fingerprint density at radius 3 is 2.60 bits per heavy atom. The van der Waals surface area contributed by atoms with Gasteiger partial charge in [0.15, 0.2) is 6.10 Å².